The van der Waals surface area contributed by atoms with Gasteiger partial charge in [0, 0.05) is 11.3 Å². The molecule has 3 fully saturated rings. The van der Waals surface area contributed by atoms with E-state index in [2.05, 4.69) is 20.8 Å². The van der Waals surface area contributed by atoms with Crippen LogP contribution in [-0.2, 0) is 16.0 Å². The Morgan fingerprint density at radius 1 is 1.33 bits per heavy atom. The second-order valence-electron chi connectivity index (χ2n) is 8.80. The Hall–Kier alpha value is -1.29. The Morgan fingerprint density at radius 2 is 2.12 bits per heavy atom. The zero-order valence-electron chi connectivity index (χ0n) is 14.9. The molecule has 0 amide bonds. The lowest BCUT2D eigenvalue weighted by Gasteiger charge is -2.61. The molecule has 1 aromatic rings. The predicted octanol–water partition coefficient (Wildman–Crippen LogP) is 3.72. The molecule has 0 bridgehead atoms. The van der Waals surface area contributed by atoms with Gasteiger partial charge in [0.15, 0.2) is 0 Å². The van der Waals surface area contributed by atoms with Gasteiger partial charge >= 0.3 is 5.97 Å². The molecule has 1 aromatic heterocycles. The minimum absolute atomic E-state index is 0.0306. The van der Waals surface area contributed by atoms with Crippen LogP contribution in [0.3, 0.4) is 0 Å². The van der Waals surface area contributed by atoms with Crippen molar-refractivity contribution in [3.8, 4) is 0 Å². The molecule has 1 saturated heterocycles. The SMILES string of the molecule is C[C@@H]1C[C@H]2OC(=O)[C@@]3(C)CCC[C@](C)([C@@H]23)[C@@]1(O)CCc1ccoc1. The van der Waals surface area contributed by atoms with E-state index in [9.17, 15) is 9.90 Å². The van der Waals surface area contributed by atoms with Crippen molar-refractivity contribution in [2.75, 3.05) is 0 Å². The minimum atomic E-state index is -0.777. The van der Waals surface area contributed by atoms with Gasteiger partial charge in [-0.05, 0) is 56.6 Å². The van der Waals surface area contributed by atoms with Crippen LogP contribution in [0.15, 0.2) is 23.0 Å². The Kier molecular flexibility index (Phi) is 3.44. The first-order valence-corrected chi connectivity index (χ1v) is 9.26. The van der Waals surface area contributed by atoms with Gasteiger partial charge in [0.25, 0.3) is 0 Å². The topological polar surface area (TPSA) is 59.7 Å². The average molecular weight is 332 g/mol. The summed E-state index contributed by atoms with van der Waals surface area (Å²) in [6.45, 7) is 6.38. The molecule has 0 radical (unpaired) electrons. The van der Waals surface area contributed by atoms with Crippen LogP contribution in [0.25, 0.3) is 0 Å². The highest BCUT2D eigenvalue weighted by molar-refractivity contribution is 5.80. The van der Waals surface area contributed by atoms with E-state index in [0.29, 0.717) is 6.42 Å². The molecule has 3 aliphatic rings. The van der Waals surface area contributed by atoms with E-state index in [4.69, 9.17) is 9.15 Å². The van der Waals surface area contributed by atoms with Crippen molar-refractivity contribution in [2.24, 2.45) is 22.7 Å². The summed E-state index contributed by atoms with van der Waals surface area (Å²) in [6, 6.07) is 1.97. The monoisotopic (exact) mass is 332 g/mol. The molecule has 0 unspecified atom stereocenters. The second kappa shape index (κ2) is 5.10. The fourth-order valence-electron chi connectivity index (χ4n) is 6.30. The summed E-state index contributed by atoms with van der Waals surface area (Å²) < 4.78 is 11.0. The predicted molar refractivity (Wildman–Crippen MR) is 89.2 cm³/mol. The van der Waals surface area contributed by atoms with Crippen LogP contribution >= 0.6 is 0 Å². The zero-order valence-corrected chi connectivity index (χ0v) is 14.9. The quantitative estimate of drug-likeness (QED) is 0.857. The smallest absolute Gasteiger partial charge is 0.312 e. The van der Waals surface area contributed by atoms with E-state index in [1.54, 1.807) is 12.5 Å². The van der Waals surface area contributed by atoms with Crippen molar-refractivity contribution in [3.05, 3.63) is 24.2 Å². The summed E-state index contributed by atoms with van der Waals surface area (Å²) in [5.74, 6) is 0.190. The first kappa shape index (κ1) is 16.2. The van der Waals surface area contributed by atoms with E-state index in [-0.39, 0.29) is 29.3 Å². The van der Waals surface area contributed by atoms with Gasteiger partial charge in [0.2, 0.25) is 0 Å². The van der Waals surface area contributed by atoms with Crippen molar-refractivity contribution in [1.82, 2.24) is 0 Å². The molecular weight excluding hydrogens is 304 g/mol. The molecule has 1 N–H and O–H groups in total. The van der Waals surface area contributed by atoms with E-state index in [0.717, 1.165) is 37.7 Å². The molecule has 2 saturated carbocycles. The first-order chi connectivity index (χ1) is 11.3. The Balaban J connectivity index is 1.70. The molecule has 6 atom stereocenters. The molecule has 2 aliphatic carbocycles. The highest BCUT2D eigenvalue weighted by atomic mass is 16.6. The lowest BCUT2D eigenvalue weighted by molar-refractivity contribution is -0.217. The summed E-state index contributed by atoms with van der Waals surface area (Å²) in [6.07, 6.45) is 8.51. The summed E-state index contributed by atoms with van der Waals surface area (Å²) in [7, 11) is 0. The number of rotatable bonds is 3. The highest BCUT2D eigenvalue weighted by Gasteiger charge is 2.70. The van der Waals surface area contributed by atoms with Crippen LogP contribution in [0.1, 0.15) is 58.4 Å². The third-order valence-corrected chi connectivity index (χ3v) is 7.63. The summed E-state index contributed by atoms with van der Waals surface area (Å²) in [5, 5.41) is 11.9. The Morgan fingerprint density at radius 3 is 2.83 bits per heavy atom. The number of hydrogen-bond acceptors (Lipinski definition) is 4. The maximum Gasteiger partial charge on any atom is 0.312 e. The standard InChI is InChI=1S/C20H28O4/c1-13-11-15-16-18(2,17(21)24-15)7-4-8-19(16,3)20(13,22)9-5-14-6-10-23-12-14/h6,10,12-13,15-16,22H,4-5,7-9,11H2,1-3H3/t13-,15-,16+,18+,19-,20-/m1/s1. The van der Waals surface area contributed by atoms with Crippen LogP contribution in [0.4, 0.5) is 0 Å². The molecule has 0 spiro atoms. The molecule has 1 aliphatic heterocycles. The van der Waals surface area contributed by atoms with E-state index < -0.39 is 11.0 Å². The van der Waals surface area contributed by atoms with Crippen LogP contribution in [0.2, 0.25) is 0 Å². The lowest BCUT2D eigenvalue weighted by atomic mass is 9.44. The van der Waals surface area contributed by atoms with Crippen molar-refractivity contribution in [1.29, 1.82) is 0 Å². The highest BCUT2D eigenvalue weighted by Crippen LogP contribution is 2.67. The zero-order chi connectivity index (χ0) is 17.2. The lowest BCUT2D eigenvalue weighted by Crippen LogP contribution is -2.65. The number of carbonyl (C=O) groups is 1. The van der Waals surface area contributed by atoms with Crippen LogP contribution in [-0.4, -0.2) is 22.8 Å². The number of aliphatic hydroxyl groups is 1. The van der Waals surface area contributed by atoms with Crippen LogP contribution in [0, 0.1) is 22.7 Å². The molecule has 4 heteroatoms. The van der Waals surface area contributed by atoms with Gasteiger partial charge < -0.3 is 14.3 Å². The molecule has 4 rings (SSSR count). The number of hydrogen-bond donors (Lipinski definition) is 1. The number of carbonyl (C=O) groups excluding carboxylic acids is 1. The van der Waals surface area contributed by atoms with Crippen molar-refractivity contribution in [3.63, 3.8) is 0 Å². The van der Waals surface area contributed by atoms with Crippen molar-refractivity contribution >= 4 is 5.97 Å². The van der Waals surface area contributed by atoms with Gasteiger partial charge in [-0.15, -0.1) is 0 Å². The molecule has 4 nitrogen and oxygen atoms in total. The van der Waals surface area contributed by atoms with E-state index >= 15 is 0 Å². The molecule has 132 valence electrons. The normalized spacial score (nSPS) is 47.3. The van der Waals surface area contributed by atoms with Crippen LogP contribution in [0.5, 0.6) is 0 Å². The van der Waals surface area contributed by atoms with Crippen molar-refractivity contribution < 1.29 is 19.1 Å². The number of aryl methyl sites for hydroxylation is 1. The third-order valence-electron chi connectivity index (χ3n) is 7.63. The number of esters is 1. The fourth-order valence-corrected chi connectivity index (χ4v) is 6.30. The van der Waals surface area contributed by atoms with Gasteiger partial charge in [-0.25, -0.2) is 0 Å². The van der Waals surface area contributed by atoms with Gasteiger partial charge in [0.05, 0.1) is 23.5 Å². The second-order valence-corrected chi connectivity index (χ2v) is 8.80. The van der Waals surface area contributed by atoms with E-state index in [1.807, 2.05) is 6.07 Å². The summed E-state index contributed by atoms with van der Waals surface area (Å²) in [5.41, 5.74) is -0.362. The van der Waals surface area contributed by atoms with Gasteiger partial charge in [-0.1, -0.05) is 20.3 Å². The molecular formula is C20H28O4. The van der Waals surface area contributed by atoms with Gasteiger partial charge in [-0.3, -0.25) is 4.79 Å². The first-order valence-electron chi connectivity index (χ1n) is 9.26. The van der Waals surface area contributed by atoms with Crippen LogP contribution < -0.4 is 0 Å². The summed E-state index contributed by atoms with van der Waals surface area (Å²) >= 11 is 0. The van der Waals surface area contributed by atoms with Gasteiger partial charge in [-0.2, -0.15) is 0 Å². The maximum atomic E-state index is 12.6. The minimum Gasteiger partial charge on any atom is -0.472 e. The maximum absolute atomic E-state index is 12.6. The van der Waals surface area contributed by atoms with Gasteiger partial charge in [0.1, 0.15) is 6.10 Å². The largest absolute Gasteiger partial charge is 0.472 e. The van der Waals surface area contributed by atoms with Crippen molar-refractivity contribution in [2.45, 2.75) is 71.0 Å². The third kappa shape index (κ3) is 1.92. The number of furan rings is 1. The number of ether oxygens (including phenoxy) is 1. The Labute approximate surface area is 143 Å². The molecule has 24 heavy (non-hydrogen) atoms. The van der Waals surface area contributed by atoms with E-state index in [1.165, 1.54) is 0 Å². The fraction of sp³-hybridized carbons (Fsp3) is 0.750. The Bertz CT molecular complexity index is 638. The average Bonchev–Trinajstić information content (AvgIpc) is 3.12. The summed E-state index contributed by atoms with van der Waals surface area (Å²) in [4.78, 5) is 12.6. The molecule has 2 heterocycles. The molecule has 0 aromatic carbocycles.